The standard InChI is InChI=1S/C20H22N2O2/c23-20(13-18-14-24-11-9-21-18)22-10-8-17-12-16(6-7-19(17)22)15-4-2-1-3-5-15/h1-7,12,18,21H,8-11,13-14H2. The summed E-state index contributed by atoms with van der Waals surface area (Å²) >= 11 is 0. The molecule has 2 heterocycles. The minimum absolute atomic E-state index is 0.138. The zero-order valence-electron chi connectivity index (χ0n) is 13.7. The van der Waals surface area contributed by atoms with Crippen molar-refractivity contribution in [2.45, 2.75) is 18.9 Å². The Hall–Kier alpha value is -2.17. The van der Waals surface area contributed by atoms with E-state index in [2.05, 4.69) is 47.8 Å². The Morgan fingerprint density at radius 2 is 2.04 bits per heavy atom. The van der Waals surface area contributed by atoms with Crippen LogP contribution in [0.4, 0.5) is 5.69 Å². The minimum Gasteiger partial charge on any atom is -0.378 e. The van der Waals surface area contributed by atoms with Crippen LogP contribution in [-0.4, -0.2) is 38.3 Å². The molecule has 0 aromatic heterocycles. The fourth-order valence-electron chi connectivity index (χ4n) is 3.54. The van der Waals surface area contributed by atoms with E-state index in [-0.39, 0.29) is 11.9 Å². The van der Waals surface area contributed by atoms with E-state index < -0.39 is 0 Å². The lowest BCUT2D eigenvalue weighted by molar-refractivity contribution is -0.119. The zero-order chi connectivity index (χ0) is 16.4. The summed E-state index contributed by atoms with van der Waals surface area (Å²) in [6, 6.07) is 16.9. The van der Waals surface area contributed by atoms with Crippen LogP contribution in [-0.2, 0) is 16.0 Å². The average Bonchev–Trinajstić information content (AvgIpc) is 3.06. The van der Waals surface area contributed by atoms with Crippen LogP contribution >= 0.6 is 0 Å². The molecule has 2 aromatic rings. The SMILES string of the molecule is O=C(CC1COCCN1)N1CCc2cc(-c3ccccc3)ccc21. The summed E-state index contributed by atoms with van der Waals surface area (Å²) in [5.41, 5.74) is 4.76. The predicted molar refractivity (Wildman–Crippen MR) is 95.2 cm³/mol. The third-order valence-corrected chi connectivity index (χ3v) is 4.80. The van der Waals surface area contributed by atoms with E-state index in [1.54, 1.807) is 0 Å². The number of amides is 1. The van der Waals surface area contributed by atoms with Gasteiger partial charge in [-0.05, 0) is 35.2 Å². The first kappa shape index (κ1) is 15.4. The largest absolute Gasteiger partial charge is 0.378 e. The molecule has 1 saturated heterocycles. The van der Waals surface area contributed by atoms with Crippen LogP contribution in [0.2, 0.25) is 0 Å². The number of morpholine rings is 1. The van der Waals surface area contributed by atoms with Crippen molar-refractivity contribution in [2.75, 3.05) is 31.2 Å². The first-order valence-corrected chi connectivity index (χ1v) is 8.61. The first-order chi connectivity index (χ1) is 11.8. The van der Waals surface area contributed by atoms with Crippen LogP contribution in [0.25, 0.3) is 11.1 Å². The van der Waals surface area contributed by atoms with E-state index >= 15 is 0 Å². The quantitative estimate of drug-likeness (QED) is 0.944. The van der Waals surface area contributed by atoms with Crippen LogP contribution in [0.15, 0.2) is 48.5 Å². The molecule has 1 atom stereocenters. The van der Waals surface area contributed by atoms with Gasteiger partial charge in [-0.2, -0.15) is 0 Å². The molecule has 0 bridgehead atoms. The second kappa shape index (κ2) is 6.75. The molecule has 1 N–H and O–H groups in total. The molecule has 1 unspecified atom stereocenters. The summed E-state index contributed by atoms with van der Waals surface area (Å²) in [5.74, 6) is 0.184. The smallest absolute Gasteiger partial charge is 0.228 e. The lowest BCUT2D eigenvalue weighted by Crippen LogP contribution is -2.45. The Labute approximate surface area is 142 Å². The predicted octanol–water partition coefficient (Wildman–Crippen LogP) is 2.62. The third-order valence-electron chi connectivity index (χ3n) is 4.80. The number of nitrogens with one attached hydrogen (secondary N) is 1. The molecule has 0 radical (unpaired) electrons. The van der Waals surface area contributed by atoms with Gasteiger partial charge in [0.15, 0.2) is 0 Å². The van der Waals surface area contributed by atoms with Crippen molar-refractivity contribution >= 4 is 11.6 Å². The van der Waals surface area contributed by atoms with Crippen molar-refractivity contribution in [3.63, 3.8) is 0 Å². The van der Waals surface area contributed by atoms with Crippen molar-refractivity contribution in [2.24, 2.45) is 0 Å². The highest BCUT2D eigenvalue weighted by atomic mass is 16.5. The van der Waals surface area contributed by atoms with E-state index in [0.717, 1.165) is 31.8 Å². The lowest BCUT2D eigenvalue weighted by atomic mass is 10.0. The Bertz CT molecular complexity index is 724. The van der Waals surface area contributed by atoms with Gasteiger partial charge in [-0.1, -0.05) is 36.4 Å². The summed E-state index contributed by atoms with van der Waals surface area (Å²) in [7, 11) is 0. The molecule has 124 valence electrons. The van der Waals surface area contributed by atoms with Crippen LogP contribution in [0.5, 0.6) is 0 Å². The molecule has 1 fully saturated rings. The normalized spacial score (nSPS) is 20.0. The fourth-order valence-corrected chi connectivity index (χ4v) is 3.54. The van der Waals surface area contributed by atoms with Crippen molar-refractivity contribution in [1.29, 1.82) is 0 Å². The lowest BCUT2D eigenvalue weighted by Gasteiger charge is -2.26. The number of rotatable bonds is 3. The molecule has 4 heteroatoms. The topological polar surface area (TPSA) is 41.6 Å². The Balaban J connectivity index is 1.50. The Morgan fingerprint density at radius 1 is 1.17 bits per heavy atom. The molecule has 1 amide bonds. The summed E-state index contributed by atoms with van der Waals surface area (Å²) in [6.45, 7) is 2.97. The second-order valence-corrected chi connectivity index (χ2v) is 6.43. The molecular formula is C20H22N2O2. The first-order valence-electron chi connectivity index (χ1n) is 8.61. The second-order valence-electron chi connectivity index (χ2n) is 6.43. The molecule has 2 aliphatic heterocycles. The van der Waals surface area contributed by atoms with Gasteiger partial charge in [-0.15, -0.1) is 0 Å². The number of nitrogens with zero attached hydrogens (tertiary/aromatic N) is 1. The summed E-state index contributed by atoms with van der Waals surface area (Å²) in [4.78, 5) is 14.6. The number of ether oxygens (including phenoxy) is 1. The average molecular weight is 322 g/mol. The van der Waals surface area contributed by atoms with Crippen LogP contribution in [0.1, 0.15) is 12.0 Å². The molecule has 24 heavy (non-hydrogen) atoms. The van der Waals surface area contributed by atoms with Gasteiger partial charge in [0, 0.05) is 31.2 Å². The number of carbonyl (C=O) groups is 1. The van der Waals surface area contributed by atoms with Crippen molar-refractivity contribution < 1.29 is 9.53 Å². The Kier molecular flexibility index (Phi) is 4.32. The van der Waals surface area contributed by atoms with E-state index in [1.165, 1.54) is 16.7 Å². The van der Waals surface area contributed by atoms with Crippen LogP contribution in [0, 0.1) is 0 Å². The molecule has 2 aliphatic rings. The number of benzene rings is 2. The maximum atomic E-state index is 12.7. The molecule has 0 spiro atoms. The van der Waals surface area contributed by atoms with E-state index in [9.17, 15) is 4.79 Å². The van der Waals surface area contributed by atoms with E-state index in [1.807, 2.05) is 11.0 Å². The highest BCUT2D eigenvalue weighted by Crippen LogP contribution is 2.32. The molecule has 2 aromatic carbocycles. The molecule has 0 saturated carbocycles. The molecule has 4 rings (SSSR count). The van der Waals surface area contributed by atoms with Gasteiger partial charge >= 0.3 is 0 Å². The van der Waals surface area contributed by atoms with Crippen molar-refractivity contribution in [3.05, 3.63) is 54.1 Å². The van der Waals surface area contributed by atoms with Gasteiger partial charge in [0.2, 0.25) is 5.91 Å². The van der Waals surface area contributed by atoms with Crippen molar-refractivity contribution in [1.82, 2.24) is 5.32 Å². The highest BCUT2D eigenvalue weighted by Gasteiger charge is 2.27. The molecular weight excluding hydrogens is 300 g/mol. The maximum Gasteiger partial charge on any atom is 0.228 e. The van der Waals surface area contributed by atoms with Gasteiger partial charge in [0.1, 0.15) is 0 Å². The zero-order valence-corrected chi connectivity index (χ0v) is 13.7. The van der Waals surface area contributed by atoms with Gasteiger partial charge < -0.3 is 15.0 Å². The van der Waals surface area contributed by atoms with Gasteiger partial charge in [-0.3, -0.25) is 4.79 Å². The number of anilines is 1. The minimum atomic E-state index is 0.138. The van der Waals surface area contributed by atoms with Gasteiger partial charge in [0.25, 0.3) is 0 Å². The van der Waals surface area contributed by atoms with Gasteiger partial charge in [0.05, 0.1) is 13.2 Å². The van der Waals surface area contributed by atoms with Gasteiger partial charge in [-0.25, -0.2) is 0 Å². The van der Waals surface area contributed by atoms with E-state index in [4.69, 9.17) is 4.74 Å². The molecule has 4 nitrogen and oxygen atoms in total. The summed E-state index contributed by atoms with van der Waals surface area (Å²) < 4.78 is 5.45. The third kappa shape index (κ3) is 3.07. The van der Waals surface area contributed by atoms with Crippen molar-refractivity contribution in [3.8, 4) is 11.1 Å². The van der Waals surface area contributed by atoms with E-state index in [0.29, 0.717) is 13.0 Å². The number of hydrogen-bond donors (Lipinski definition) is 1. The molecule has 0 aliphatic carbocycles. The highest BCUT2D eigenvalue weighted by molar-refractivity contribution is 5.96. The number of fused-ring (bicyclic) bond motifs is 1. The number of hydrogen-bond acceptors (Lipinski definition) is 3. The van der Waals surface area contributed by atoms with Crippen LogP contribution < -0.4 is 10.2 Å². The monoisotopic (exact) mass is 322 g/mol. The van der Waals surface area contributed by atoms with Crippen LogP contribution in [0.3, 0.4) is 0 Å². The summed E-state index contributed by atoms with van der Waals surface area (Å²) in [6.07, 6.45) is 1.43. The summed E-state index contributed by atoms with van der Waals surface area (Å²) in [5, 5.41) is 3.36. The fraction of sp³-hybridized carbons (Fsp3) is 0.350. The maximum absolute atomic E-state index is 12.7. The number of carbonyl (C=O) groups excluding carboxylic acids is 1. The Morgan fingerprint density at radius 3 is 2.83 bits per heavy atom.